The van der Waals surface area contributed by atoms with Crippen LogP contribution in [0.3, 0.4) is 0 Å². The van der Waals surface area contributed by atoms with Gasteiger partial charge in [0, 0.05) is 25.6 Å². The van der Waals surface area contributed by atoms with Crippen LogP contribution in [0.5, 0.6) is 0 Å². The molecule has 2 N–H and O–H groups in total. The molecular formula is C9H14N4O3S. The number of hydrogen-bond donors (Lipinski definition) is 3. The van der Waals surface area contributed by atoms with Gasteiger partial charge in [-0.2, -0.15) is 17.6 Å². The molecule has 1 unspecified atom stereocenters. The van der Waals surface area contributed by atoms with Crippen LogP contribution >= 0.6 is 12.6 Å². The van der Waals surface area contributed by atoms with Crippen molar-refractivity contribution in [3.05, 3.63) is 12.2 Å². The van der Waals surface area contributed by atoms with Gasteiger partial charge in [0.25, 0.3) is 0 Å². The lowest BCUT2D eigenvalue weighted by atomic mass is 10.3. The van der Waals surface area contributed by atoms with Crippen LogP contribution in [-0.4, -0.2) is 40.3 Å². The summed E-state index contributed by atoms with van der Waals surface area (Å²) in [6.45, 7) is 1.72. The van der Waals surface area contributed by atoms with Crippen LogP contribution in [0.4, 0.5) is 0 Å². The third-order valence-electron chi connectivity index (χ3n) is 1.92. The molecule has 2 amide bonds. The van der Waals surface area contributed by atoms with E-state index in [-0.39, 0.29) is 17.6 Å². The lowest BCUT2D eigenvalue weighted by molar-refractivity contribution is -0.127. The first-order chi connectivity index (χ1) is 8.13. The van der Waals surface area contributed by atoms with Gasteiger partial charge < -0.3 is 15.2 Å². The Hall–Kier alpha value is -1.57. The van der Waals surface area contributed by atoms with Crippen LogP contribution < -0.4 is 10.6 Å². The summed E-state index contributed by atoms with van der Waals surface area (Å²) in [7, 11) is 0. The van der Waals surface area contributed by atoms with E-state index in [0.29, 0.717) is 18.9 Å². The maximum absolute atomic E-state index is 11.6. The zero-order valence-electron chi connectivity index (χ0n) is 9.34. The molecule has 8 heteroatoms. The van der Waals surface area contributed by atoms with Gasteiger partial charge in [0.05, 0.1) is 0 Å². The molecule has 0 radical (unpaired) electrons. The number of nitrogens with one attached hydrogen (secondary N) is 2. The summed E-state index contributed by atoms with van der Waals surface area (Å²) in [5.41, 5.74) is 0. The fourth-order valence-corrected chi connectivity index (χ4v) is 1.42. The Labute approximate surface area is 104 Å². The van der Waals surface area contributed by atoms with E-state index in [1.165, 1.54) is 13.3 Å². The first-order valence-electron chi connectivity index (χ1n) is 5.04. The normalized spacial score (nSPS) is 11.9. The van der Waals surface area contributed by atoms with Gasteiger partial charge in [-0.3, -0.25) is 9.59 Å². The second-order valence-corrected chi connectivity index (χ2v) is 3.68. The van der Waals surface area contributed by atoms with Crippen LogP contribution in [0, 0.1) is 0 Å². The van der Waals surface area contributed by atoms with E-state index in [9.17, 15) is 9.59 Å². The minimum atomic E-state index is -0.626. The third-order valence-corrected chi connectivity index (χ3v) is 2.29. The molecule has 0 fully saturated rings. The SMILES string of the molecule is CC(=O)NC(CS)C(=O)NCCc1ncno1. The monoisotopic (exact) mass is 258 g/mol. The lowest BCUT2D eigenvalue weighted by Gasteiger charge is -2.14. The quantitative estimate of drug-likeness (QED) is 0.578. The molecule has 0 bridgehead atoms. The average molecular weight is 258 g/mol. The second kappa shape index (κ2) is 6.89. The summed E-state index contributed by atoms with van der Waals surface area (Å²) in [6.07, 6.45) is 1.75. The Kier molecular flexibility index (Phi) is 5.47. The molecule has 0 aliphatic carbocycles. The summed E-state index contributed by atoms with van der Waals surface area (Å²) in [4.78, 5) is 26.2. The Bertz CT molecular complexity index is 368. The van der Waals surface area contributed by atoms with E-state index in [1.807, 2.05) is 0 Å². The van der Waals surface area contributed by atoms with E-state index in [2.05, 4.69) is 33.4 Å². The standard InChI is InChI=1S/C9H14N4O3S/c1-6(14)13-7(4-17)9(15)10-3-2-8-11-5-12-16-8/h5,7,17H,2-4H2,1H3,(H,10,15)(H,13,14). The average Bonchev–Trinajstić information content (AvgIpc) is 2.78. The van der Waals surface area contributed by atoms with Crippen LogP contribution in [0.15, 0.2) is 10.9 Å². The van der Waals surface area contributed by atoms with Crippen molar-refractivity contribution in [1.82, 2.24) is 20.8 Å². The number of carbonyl (C=O) groups is 2. The molecule has 1 aromatic heterocycles. The van der Waals surface area contributed by atoms with Crippen molar-refractivity contribution in [1.29, 1.82) is 0 Å². The zero-order chi connectivity index (χ0) is 12.7. The molecule has 0 aliphatic heterocycles. The number of amides is 2. The zero-order valence-corrected chi connectivity index (χ0v) is 10.2. The van der Waals surface area contributed by atoms with Crippen molar-refractivity contribution >= 4 is 24.4 Å². The molecule has 1 heterocycles. The minimum Gasteiger partial charge on any atom is -0.354 e. The predicted molar refractivity (Wildman–Crippen MR) is 62.5 cm³/mol. The Balaban J connectivity index is 2.29. The second-order valence-electron chi connectivity index (χ2n) is 3.31. The molecule has 0 aromatic carbocycles. The predicted octanol–water partition coefficient (Wildman–Crippen LogP) is -0.837. The highest BCUT2D eigenvalue weighted by Gasteiger charge is 2.17. The Morgan fingerprint density at radius 3 is 2.88 bits per heavy atom. The topological polar surface area (TPSA) is 97.1 Å². The summed E-state index contributed by atoms with van der Waals surface area (Å²) < 4.78 is 4.77. The minimum absolute atomic E-state index is 0.242. The largest absolute Gasteiger partial charge is 0.354 e. The molecule has 1 atom stereocenters. The van der Waals surface area contributed by atoms with E-state index in [4.69, 9.17) is 4.52 Å². The lowest BCUT2D eigenvalue weighted by Crippen LogP contribution is -2.47. The van der Waals surface area contributed by atoms with Crippen molar-refractivity contribution in [3.63, 3.8) is 0 Å². The highest BCUT2D eigenvalue weighted by atomic mass is 32.1. The highest BCUT2D eigenvalue weighted by molar-refractivity contribution is 7.80. The summed E-state index contributed by atoms with van der Waals surface area (Å²) in [5, 5.41) is 8.58. The number of nitrogens with zero attached hydrogens (tertiary/aromatic N) is 2. The Morgan fingerprint density at radius 1 is 1.59 bits per heavy atom. The van der Waals surface area contributed by atoms with Crippen LogP contribution in [0.2, 0.25) is 0 Å². The van der Waals surface area contributed by atoms with Gasteiger partial charge in [0.1, 0.15) is 6.04 Å². The van der Waals surface area contributed by atoms with Gasteiger partial charge in [0.2, 0.25) is 17.7 Å². The van der Waals surface area contributed by atoms with Gasteiger partial charge in [-0.25, -0.2) is 0 Å². The Morgan fingerprint density at radius 2 is 2.35 bits per heavy atom. The summed E-state index contributed by atoms with van der Waals surface area (Å²) >= 11 is 4.00. The van der Waals surface area contributed by atoms with Crippen molar-refractivity contribution in [2.75, 3.05) is 12.3 Å². The first-order valence-corrected chi connectivity index (χ1v) is 5.68. The smallest absolute Gasteiger partial charge is 0.243 e. The van der Waals surface area contributed by atoms with E-state index < -0.39 is 6.04 Å². The molecule has 0 saturated carbocycles. The fourth-order valence-electron chi connectivity index (χ4n) is 1.16. The molecule has 94 valence electrons. The first kappa shape index (κ1) is 13.5. The van der Waals surface area contributed by atoms with Crippen LogP contribution in [0.1, 0.15) is 12.8 Å². The fraction of sp³-hybridized carbons (Fsp3) is 0.556. The highest BCUT2D eigenvalue weighted by Crippen LogP contribution is 1.92. The summed E-state index contributed by atoms with van der Waals surface area (Å²) in [6, 6.07) is -0.626. The number of carbonyl (C=O) groups excluding carboxylic acids is 2. The van der Waals surface area contributed by atoms with Crippen molar-refractivity contribution in [2.24, 2.45) is 0 Å². The van der Waals surface area contributed by atoms with E-state index in [1.54, 1.807) is 0 Å². The molecular weight excluding hydrogens is 244 g/mol. The maximum Gasteiger partial charge on any atom is 0.243 e. The molecule has 0 saturated heterocycles. The number of thiol groups is 1. The number of aromatic nitrogens is 2. The van der Waals surface area contributed by atoms with E-state index >= 15 is 0 Å². The molecule has 1 rings (SSSR count). The maximum atomic E-state index is 11.6. The molecule has 0 aliphatic rings. The van der Waals surface area contributed by atoms with Crippen LogP contribution in [0.25, 0.3) is 0 Å². The van der Waals surface area contributed by atoms with Crippen molar-refractivity contribution in [2.45, 2.75) is 19.4 Å². The van der Waals surface area contributed by atoms with Gasteiger partial charge in [0.15, 0.2) is 6.33 Å². The number of rotatable bonds is 6. The van der Waals surface area contributed by atoms with Gasteiger partial charge in [-0.1, -0.05) is 5.16 Å². The molecule has 17 heavy (non-hydrogen) atoms. The summed E-state index contributed by atoms with van der Waals surface area (Å²) in [5.74, 6) is 0.143. The molecule has 0 spiro atoms. The van der Waals surface area contributed by atoms with Gasteiger partial charge in [-0.15, -0.1) is 0 Å². The van der Waals surface area contributed by atoms with Crippen molar-refractivity contribution in [3.8, 4) is 0 Å². The third kappa shape index (κ3) is 4.85. The molecule has 7 nitrogen and oxygen atoms in total. The number of hydrogen-bond acceptors (Lipinski definition) is 6. The van der Waals surface area contributed by atoms with Crippen molar-refractivity contribution < 1.29 is 14.1 Å². The molecule has 1 aromatic rings. The van der Waals surface area contributed by atoms with Gasteiger partial charge in [-0.05, 0) is 0 Å². The van der Waals surface area contributed by atoms with Crippen LogP contribution in [-0.2, 0) is 16.0 Å². The van der Waals surface area contributed by atoms with E-state index in [0.717, 1.165) is 0 Å². The van der Waals surface area contributed by atoms with Gasteiger partial charge >= 0.3 is 0 Å².